The van der Waals surface area contributed by atoms with Crippen LogP contribution in [0.4, 0.5) is 0 Å². The molecule has 5 heteroatoms. The van der Waals surface area contributed by atoms with Gasteiger partial charge in [0.1, 0.15) is 5.82 Å². The second-order valence-electron chi connectivity index (χ2n) is 4.45. The first-order valence-corrected chi connectivity index (χ1v) is 7.84. The molecule has 1 aromatic carbocycles. The van der Waals surface area contributed by atoms with Crippen LogP contribution in [0.1, 0.15) is 11.4 Å². The van der Waals surface area contributed by atoms with E-state index in [2.05, 4.69) is 39.0 Å². The van der Waals surface area contributed by atoms with E-state index < -0.39 is 0 Å². The molecule has 2 aromatic rings. The van der Waals surface area contributed by atoms with Crippen molar-refractivity contribution in [2.24, 2.45) is 7.05 Å². The Bertz CT molecular complexity index is 540. The lowest BCUT2D eigenvalue weighted by atomic mass is 10.1. The van der Waals surface area contributed by atoms with Gasteiger partial charge in [-0.25, -0.2) is 0 Å². The summed E-state index contributed by atoms with van der Waals surface area (Å²) in [5.41, 5.74) is 1.49. The van der Waals surface area contributed by atoms with Crippen molar-refractivity contribution in [3.05, 3.63) is 35.7 Å². The maximum atomic E-state index is 4.19. The number of rotatable bonds is 3. The molecular formula is C13H15N3S2. The molecule has 0 amide bonds. The maximum Gasteiger partial charge on any atom is 0.190 e. The average molecular weight is 277 g/mol. The Balaban J connectivity index is 1.62. The molecule has 0 radical (unpaired) electrons. The van der Waals surface area contributed by atoms with Gasteiger partial charge in [0, 0.05) is 22.9 Å². The minimum atomic E-state index is 0.657. The predicted octanol–water partition coefficient (Wildman–Crippen LogP) is 2.93. The van der Waals surface area contributed by atoms with E-state index in [1.54, 1.807) is 11.8 Å². The average Bonchev–Trinajstić information content (AvgIpc) is 2.92. The van der Waals surface area contributed by atoms with Crippen LogP contribution in [0.5, 0.6) is 0 Å². The first kappa shape index (κ1) is 12.1. The molecule has 0 spiro atoms. The molecule has 0 saturated carbocycles. The molecule has 94 valence electrons. The normalized spacial score (nSPS) is 18.0. The number of benzene rings is 1. The fraction of sp³-hybridized carbons (Fsp3) is 0.385. The van der Waals surface area contributed by atoms with Crippen LogP contribution < -0.4 is 0 Å². The molecule has 0 aliphatic carbocycles. The summed E-state index contributed by atoms with van der Waals surface area (Å²) in [6.45, 7) is 1.98. The van der Waals surface area contributed by atoms with Gasteiger partial charge in [0.05, 0.1) is 0 Å². The lowest BCUT2D eigenvalue weighted by molar-refractivity contribution is 0.764. The van der Waals surface area contributed by atoms with E-state index in [0.29, 0.717) is 5.25 Å². The highest BCUT2D eigenvalue weighted by Gasteiger charge is 2.22. The van der Waals surface area contributed by atoms with E-state index in [9.17, 15) is 0 Å². The Hall–Kier alpha value is -0.940. The summed E-state index contributed by atoms with van der Waals surface area (Å²) in [6, 6.07) is 8.70. The summed E-state index contributed by atoms with van der Waals surface area (Å²) in [7, 11) is 2.02. The molecule has 1 unspecified atom stereocenters. The van der Waals surface area contributed by atoms with Crippen molar-refractivity contribution in [3.63, 3.8) is 0 Å². The highest BCUT2D eigenvalue weighted by atomic mass is 32.2. The molecule has 3 rings (SSSR count). The second-order valence-corrected chi connectivity index (χ2v) is 6.78. The summed E-state index contributed by atoms with van der Waals surface area (Å²) in [5.74, 6) is 2.06. The third-order valence-corrected chi connectivity index (χ3v) is 5.88. The van der Waals surface area contributed by atoms with Crippen LogP contribution in [-0.2, 0) is 13.5 Å². The molecule has 1 atom stereocenters. The third kappa shape index (κ3) is 2.29. The van der Waals surface area contributed by atoms with Crippen molar-refractivity contribution in [2.45, 2.75) is 28.6 Å². The summed E-state index contributed by atoms with van der Waals surface area (Å²) in [5, 5.41) is 9.95. The zero-order chi connectivity index (χ0) is 12.5. The van der Waals surface area contributed by atoms with Crippen LogP contribution in [0.15, 0.2) is 34.3 Å². The van der Waals surface area contributed by atoms with Crippen LogP contribution in [0.3, 0.4) is 0 Å². The minimum Gasteiger partial charge on any atom is -0.309 e. The molecule has 0 saturated heterocycles. The number of hydrogen-bond donors (Lipinski definition) is 0. The van der Waals surface area contributed by atoms with Gasteiger partial charge in [-0.3, -0.25) is 0 Å². The number of aromatic nitrogens is 3. The van der Waals surface area contributed by atoms with E-state index in [1.807, 2.05) is 25.7 Å². The van der Waals surface area contributed by atoms with Gasteiger partial charge in [-0.2, -0.15) is 0 Å². The molecule has 1 aliphatic rings. The van der Waals surface area contributed by atoms with Crippen LogP contribution in [0.2, 0.25) is 0 Å². The Labute approximate surface area is 115 Å². The molecule has 1 aromatic heterocycles. The van der Waals surface area contributed by atoms with Gasteiger partial charge in [-0.1, -0.05) is 30.0 Å². The van der Waals surface area contributed by atoms with Crippen molar-refractivity contribution < 1.29 is 0 Å². The fourth-order valence-electron chi connectivity index (χ4n) is 2.03. The number of aryl methyl sites for hydroxylation is 1. The van der Waals surface area contributed by atoms with Gasteiger partial charge in [0.25, 0.3) is 0 Å². The Morgan fingerprint density at radius 2 is 2.22 bits per heavy atom. The second kappa shape index (κ2) is 4.97. The summed E-state index contributed by atoms with van der Waals surface area (Å²) in [4.78, 5) is 1.44. The van der Waals surface area contributed by atoms with Gasteiger partial charge in [0.2, 0.25) is 0 Å². The molecule has 1 aliphatic heterocycles. The SMILES string of the molecule is Cc1nnc(SCC2Cc3ccccc3S2)n1C. The lowest BCUT2D eigenvalue weighted by Gasteiger charge is -2.07. The van der Waals surface area contributed by atoms with Crippen molar-refractivity contribution in [1.82, 2.24) is 14.8 Å². The highest BCUT2D eigenvalue weighted by Crippen LogP contribution is 2.38. The molecule has 0 N–H and O–H groups in total. The number of nitrogens with zero attached hydrogens (tertiary/aromatic N) is 3. The van der Waals surface area contributed by atoms with Crippen LogP contribution in [-0.4, -0.2) is 25.8 Å². The van der Waals surface area contributed by atoms with Crippen molar-refractivity contribution >= 4 is 23.5 Å². The molecule has 0 bridgehead atoms. The van der Waals surface area contributed by atoms with Crippen LogP contribution in [0, 0.1) is 6.92 Å². The molecule has 0 fully saturated rings. The van der Waals surface area contributed by atoms with Gasteiger partial charge in [-0.15, -0.1) is 22.0 Å². The van der Waals surface area contributed by atoms with Crippen LogP contribution in [0.25, 0.3) is 0 Å². The van der Waals surface area contributed by atoms with E-state index in [4.69, 9.17) is 0 Å². The van der Waals surface area contributed by atoms with Gasteiger partial charge < -0.3 is 4.57 Å². The van der Waals surface area contributed by atoms with E-state index >= 15 is 0 Å². The smallest absolute Gasteiger partial charge is 0.190 e. The standard InChI is InChI=1S/C13H15N3S2/c1-9-14-15-13(16(9)2)17-8-11-7-10-5-3-4-6-12(10)18-11/h3-6,11H,7-8H2,1-2H3. The largest absolute Gasteiger partial charge is 0.309 e. The van der Waals surface area contributed by atoms with Crippen molar-refractivity contribution in [3.8, 4) is 0 Å². The van der Waals surface area contributed by atoms with E-state index in [0.717, 1.165) is 16.7 Å². The lowest BCUT2D eigenvalue weighted by Crippen LogP contribution is -2.05. The van der Waals surface area contributed by atoms with Gasteiger partial charge >= 0.3 is 0 Å². The Morgan fingerprint density at radius 1 is 1.39 bits per heavy atom. The van der Waals surface area contributed by atoms with Gasteiger partial charge in [-0.05, 0) is 25.0 Å². The maximum absolute atomic E-state index is 4.19. The summed E-state index contributed by atoms with van der Waals surface area (Å²) >= 11 is 3.79. The predicted molar refractivity (Wildman–Crippen MR) is 76.3 cm³/mol. The quantitative estimate of drug-likeness (QED) is 0.807. The first-order valence-electron chi connectivity index (χ1n) is 5.97. The topological polar surface area (TPSA) is 30.7 Å². The summed E-state index contributed by atoms with van der Waals surface area (Å²) < 4.78 is 2.05. The zero-order valence-electron chi connectivity index (χ0n) is 10.5. The Morgan fingerprint density at radius 3 is 2.94 bits per heavy atom. The zero-order valence-corrected chi connectivity index (χ0v) is 12.1. The fourth-order valence-corrected chi connectivity index (χ4v) is 4.46. The molecular weight excluding hydrogens is 262 g/mol. The number of fused-ring (bicyclic) bond motifs is 1. The first-order chi connectivity index (χ1) is 8.74. The third-order valence-electron chi connectivity index (χ3n) is 3.16. The Kier molecular flexibility index (Phi) is 3.35. The van der Waals surface area contributed by atoms with Gasteiger partial charge in [0.15, 0.2) is 5.16 Å². The minimum absolute atomic E-state index is 0.657. The van der Waals surface area contributed by atoms with E-state index in [1.165, 1.54) is 16.9 Å². The molecule has 3 nitrogen and oxygen atoms in total. The van der Waals surface area contributed by atoms with Crippen molar-refractivity contribution in [1.29, 1.82) is 0 Å². The summed E-state index contributed by atoms with van der Waals surface area (Å²) in [6.07, 6.45) is 1.17. The monoisotopic (exact) mass is 277 g/mol. The van der Waals surface area contributed by atoms with Crippen molar-refractivity contribution in [2.75, 3.05) is 5.75 Å². The molecule has 2 heterocycles. The molecule has 18 heavy (non-hydrogen) atoms. The number of thioether (sulfide) groups is 2. The number of hydrogen-bond acceptors (Lipinski definition) is 4. The van der Waals surface area contributed by atoms with E-state index in [-0.39, 0.29) is 0 Å². The highest BCUT2D eigenvalue weighted by molar-refractivity contribution is 8.03. The van der Waals surface area contributed by atoms with Crippen LogP contribution >= 0.6 is 23.5 Å².